The summed E-state index contributed by atoms with van der Waals surface area (Å²) >= 11 is 0. The van der Waals surface area contributed by atoms with Gasteiger partial charge in [0.05, 0.1) is 0 Å². The molecular formula is C22H28N2O3. The molecule has 27 heavy (non-hydrogen) atoms. The number of carbonyl (C=O) groups excluding carboxylic acids is 2. The lowest BCUT2D eigenvalue weighted by Gasteiger charge is -2.28. The SMILES string of the molecule is CCNC(=O)[C@H](C)N(Cc1ccccc1)C(=O)COc1cc(C)cc(C)c1. The molecule has 0 aliphatic heterocycles. The van der Waals surface area contributed by atoms with Crippen molar-refractivity contribution in [2.24, 2.45) is 0 Å². The predicted molar refractivity (Wildman–Crippen MR) is 107 cm³/mol. The molecule has 144 valence electrons. The van der Waals surface area contributed by atoms with E-state index in [9.17, 15) is 9.59 Å². The van der Waals surface area contributed by atoms with Crippen LogP contribution in [-0.4, -0.2) is 35.9 Å². The second kappa shape index (κ2) is 9.76. The average molecular weight is 368 g/mol. The molecule has 2 rings (SSSR count). The van der Waals surface area contributed by atoms with E-state index in [1.165, 1.54) is 0 Å². The number of likely N-dealkylation sites (N-methyl/N-ethyl adjacent to an activating group) is 1. The van der Waals surface area contributed by atoms with Crippen LogP contribution in [0.4, 0.5) is 0 Å². The Hall–Kier alpha value is -2.82. The van der Waals surface area contributed by atoms with Crippen LogP contribution in [0.5, 0.6) is 5.75 Å². The summed E-state index contributed by atoms with van der Waals surface area (Å²) in [6.45, 7) is 8.34. The van der Waals surface area contributed by atoms with Crippen molar-refractivity contribution in [2.75, 3.05) is 13.2 Å². The number of nitrogens with zero attached hydrogens (tertiary/aromatic N) is 1. The Bertz CT molecular complexity index is 754. The first-order chi connectivity index (χ1) is 12.9. The first kappa shape index (κ1) is 20.5. The monoisotopic (exact) mass is 368 g/mol. The molecule has 0 heterocycles. The Labute approximate surface area is 161 Å². The van der Waals surface area contributed by atoms with E-state index in [1.807, 2.05) is 69.3 Å². The van der Waals surface area contributed by atoms with Crippen LogP contribution in [0, 0.1) is 13.8 Å². The minimum absolute atomic E-state index is 0.112. The highest BCUT2D eigenvalue weighted by molar-refractivity contribution is 5.87. The molecule has 5 nitrogen and oxygen atoms in total. The Morgan fingerprint density at radius 1 is 1.07 bits per heavy atom. The van der Waals surface area contributed by atoms with Gasteiger partial charge in [0.25, 0.3) is 5.91 Å². The normalized spacial score (nSPS) is 11.6. The lowest BCUT2D eigenvalue weighted by molar-refractivity contribution is -0.142. The fourth-order valence-electron chi connectivity index (χ4n) is 2.93. The smallest absolute Gasteiger partial charge is 0.261 e. The summed E-state index contributed by atoms with van der Waals surface area (Å²) in [5, 5.41) is 2.78. The van der Waals surface area contributed by atoms with Crippen molar-refractivity contribution in [2.45, 2.75) is 40.3 Å². The summed E-state index contributed by atoms with van der Waals surface area (Å²) in [4.78, 5) is 26.7. The van der Waals surface area contributed by atoms with Crippen LogP contribution in [0.15, 0.2) is 48.5 Å². The lowest BCUT2D eigenvalue weighted by Crippen LogP contribution is -2.49. The second-order valence-corrected chi connectivity index (χ2v) is 6.69. The van der Waals surface area contributed by atoms with E-state index in [-0.39, 0.29) is 18.4 Å². The van der Waals surface area contributed by atoms with Crippen molar-refractivity contribution in [3.05, 3.63) is 65.2 Å². The van der Waals surface area contributed by atoms with Crippen molar-refractivity contribution in [3.8, 4) is 5.75 Å². The van der Waals surface area contributed by atoms with Gasteiger partial charge < -0.3 is 15.0 Å². The van der Waals surface area contributed by atoms with Gasteiger partial charge in [-0.15, -0.1) is 0 Å². The number of benzene rings is 2. The summed E-state index contributed by atoms with van der Waals surface area (Å²) in [6, 6.07) is 14.9. The quantitative estimate of drug-likeness (QED) is 0.778. The minimum atomic E-state index is -0.583. The standard InChI is InChI=1S/C22H28N2O3/c1-5-23-22(26)18(4)24(14-19-9-7-6-8-10-19)21(25)15-27-20-12-16(2)11-17(3)13-20/h6-13,18H,5,14-15H2,1-4H3,(H,23,26)/t18-/m0/s1. The zero-order chi connectivity index (χ0) is 19.8. The summed E-state index contributed by atoms with van der Waals surface area (Å²) < 4.78 is 5.72. The first-order valence-corrected chi connectivity index (χ1v) is 9.23. The molecule has 5 heteroatoms. The van der Waals surface area contributed by atoms with Crippen molar-refractivity contribution in [3.63, 3.8) is 0 Å². The third-order valence-corrected chi connectivity index (χ3v) is 4.27. The molecule has 0 radical (unpaired) electrons. The van der Waals surface area contributed by atoms with Crippen molar-refractivity contribution < 1.29 is 14.3 Å². The van der Waals surface area contributed by atoms with Gasteiger partial charge in [0.15, 0.2) is 6.61 Å². The maximum Gasteiger partial charge on any atom is 0.261 e. The van der Waals surface area contributed by atoms with Crippen LogP contribution in [-0.2, 0) is 16.1 Å². The number of hydrogen-bond donors (Lipinski definition) is 1. The lowest BCUT2D eigenvalue weighted by atomic mass is 10.1. The highest BCUT2D eigenvalue weighted by Gasteiger charge is 2.26. The second-order valence-electron chi connectivity index (χ2n) is 6.69. The van der Waals surface area contributed by atoms with E-state index in [0.29, 0.717) is 18.8 Å². The number of hydrogen-bond acceptors (Lipinski definition) is 3. The molecule has 0 saturated heterocycles. The molecule has 0 aliphatic carbocycles. The van der Waals surface area contributed by atoms with Crippen molar-refractivity contribution >= 4 is 11.8 Å². The number of ether oxygens (including phenoxy) is 1. The van der Waals surface area contributed by atoms with Gasteiger partial charge in [0.2, 0.25) is 5.91 Å². The van der Waals surface area contributed by atoms with Gasteiger partial charge in [-0.1, -0.05) is 36.4 Å². The third kappa shape index (κ3) is 6.13. The van der Waals surface area contributed by atoms with Crippen LogP contribution in [0.25, 0.3) is 0 Å². The molecule has 0 spiro atoms. The maximum atomic E-state index is 12.9. The van der Waals surface area contributed by atoms with E-state index < -0.39 is 6.04 Å². The number of carbonyl (C=O) groups is 2. The van der Waals surface area contributed by atoms with E-state index >= 15 is 0 Å². The van der Waals surface area contributed by atoms with Gasteiger partial charge in [-0.2, -0.15) is 0 Å². The van der Waals surface area contributed by atoms with E-state index in [1.54, 1.807) is 11.8 Å². The molecule has 2 aromatic carbocycles. The van der Waals surface area contributed by atoms with Crippen LogP contribution in [0.2, 0.25) is 0 Å². The molecule has 0 saturated carbocycles. The number of rotatable bonds is 8. The molecule has 0 aliphatic rings. The van der Waals surface area contributed by atoms with Gasteiger partial charge in [-0.05, 0) is 56.5 Å². The van der Waals surface area contributed by atoms with Gasteiger partial charge in [-0.3, -0.25) is 9.59 Å². The van der Waals surface area contributed by atoms with Crippen LogP contribution in [0.1, 0.15) is 30.5 Å². The van der Waals surface area contributed by atoms with Crippen LogP contribution >= 0.6 is 0 Å². The van der Waals surface area contributed by atoms with Gasteiger partial charge in [0, 0.05) is 13.1 Å². The Morgan fingerprint density at radius 2 is 1.70 bits per heavy atom. The fraction of sp³-hybridized carbons (Fsp3) is 0.364. The highest BCUT2D eigenvalue weighted by Crippen LogP contribution is 2.17. The van der Waals surface area contributed by atoms with E-state index in [0.717, 1.165) is 16.7 Å². The predicted octanol–water partition coefficient (Wildman–Crippen LogP) is 3.24. The molecule has 1 atom stereocenters. The summed E-state index contributed by atoms with van der Waals surface area (Å²) in [6.07, 6.45) is 0. The van der Waals surface area contributed by atoms with Crippen molar-refractivity contribution in [1.82, 2.24) is 10.2 Å². The molecule has 0 unspecified atom stereocenters. The van der Waals surface area contributed by atoms with Crippen molar-refractivity contribution in [1.29, 1.82) is 0 Å². The molecule has 0 aromatic heterocycles. The summed E-state index contributed by atoms with van der Waals surface area (Å²) in [7, 11) is 0. The van der Waals surface area contributed by atoms with Gasteiger partial charge in [-0.25, -0.2) is 0 Å². The topological polar surface area (TPSA) is 58.6 Å². The molecule has 0 bridgehead atoms. The third-order valence-electron chi connectivity index (χ3n) is 4.27. The average Bonchev–Trinajstić information content (AvgIpc) is 2.64. The molecule has 2 amide bonds. The van der Waals surface area contributed by atoms with Crippen LogP contribution < -0.4 is 10.1 Å². The zero-order valence-electron chi connectivity index (χ0n) is 16.5. The molecule has 2 aromatic rings. The van der Waals surface area contributed by atoms with Crippen LogP contribution in [0.3, 0.4) is 0 Å². The number of nitrogens with one attached hydrogen (secondary N) is 1. The van der Waals surface area contributed by atoms with Gasteiger partial charge in [0.1, 0.15) is 11.8 Å². The van der Waals surface area contributed by atoms with Gasteiger partial charge >= 0.3 is 0 Å². The summed E-state index contributed by atoms with van der Waals surface area (Å²) in [5.74, 6) is 0.260. The Morgan fingerprint density at radius 3 is 2.30 bits per heavy atom. The zero-order valence-corrected chi connectivity index (χ0v) is 16.5. The Kier molecular flexibility index (Phi) is 7.41. The maximum absolute atomic E-state index is 12.9. The largest absolute Gasteiger partial charge is 0.484 e. The molecule has 0 fully saturated rings. The number of aryl methyl sites for hydroxylation is 2. The Balaban J connectivity index is 2.12. The molecular weight excluding hydrogens is 340 g/mol. The van der Waals surface area contributed by atoms with E-state index in [4.69, 9.17) is 4.74 Å². The number of amides is 2. The molecule has 1 N–H and O–H groups in total. The van der Waals surface area contributed by atoms with E-state index in [2.05, 4.69) is 5.32 Å². The summed E-state index contributed by atoms with van der Waals surface area (Å²) in [5.41, 5.74) is 3.12. The fourth-order valence-corrected chi connectivity index (χ4v) is 2.93. The highest BCUT2D eigenvalue weighted by atomic mass is 16.5. The first-order valence-electron chi connectivity index (χ1n) is 9.23. The minimum Gasteiger partial charge on any atom is -0.484 e.